The maximum atomic E-state index is 6.19. The van der Waals surface area contributed by atoms with Gasteiger partial charge in [-0.3, -0.25) is 0 Å². The second kappa shape index (κ2) is 6.42. The fourth-order valence-electron chi connectivity index (χ4n) is 1.82. The van der Waals surface area contributed by atoms with Crippen LogP contribution in [-0.2, 0) is 6.42 Å². The van der Waals surface area contributed by atoms with Gasteiger partial charge in [-0.15, -0.1) is 0 Å². The van der Waals surface area contributed by atoms with Crippen LogP contribution < -0.4 is 5.32 Å². The number of benzene rings is 1. The summed E-state index contributed by atoms with van der Waals surface area (Å²) in [6, 6.07) is 6.07. The second-order valence-electron chi connectivity index (χ2n) is 4.70. The highest BCUT2D eigenvalue weighted by Crippen LogP contribution is 2.32. The number of nitrogens with one attached hydrogen (secondary N) is 2. The Bertz CT molecular complexity index is 549. The van der Waals surface area contributed by atoms with Crippen molar-refractivity contribution in [2.24, 2.45) is 0 Å². The van der Waals surface area contributed by atoms with Crippen molar-refractivity contribution < 1.29 is 0 Å². The summed E-state index contributed by atoms with van der Waals surface area (Å²) in [5, 5.41) is 4.46. The molecule has 0 aliphatic heterocycles. The normalized spacial score (nSPS) is 11.2. The van der Waals surface area contributed by atoms with Crippen molar-refractivity contribution in [1.82, 2.24) is 15.3 Å². The van der Waals surface area contributed by atoms with Crippen molar-refractivity contribution in [3.63, 3.8) is 0 Å². The lowest BCUT2D eigenvalue weighted by atomic mass is 10.2. The summed E-state index contributed by atoms with van der Waals surface area (Å²) in [4.78, 5) is 7.64. The van der Waals surface area contributed by atoms with Gasteiger partial charge in [-0.1, -0.05) is 49.2 Å². The molecule has 5 heteroatoms. The average molecular weight is 298 g/mol. The molecule has 0 fully saturated rings. The smallest absolute Gasteiger partial charge is 0.107 e. The molecule has 3 nitrogen and oxygen atoms in total. The van der Waals surface area contributed by atoms with Crippen LogP contribution in [-0.4, -0.2) is 22.6 Å². The molecule has 0 saturated heterocycles. The second-order valence-corrected chi connectivity index (χ2v) is 5.49. The van der Waals surface area contributed by atoms with E-state index in [4.69, 9.17) is 23.2 Å². The van der Waals surface area contributed by atoms with Crippen LogP contribution in [0.15, 0.2) is 24.4 Å². The lowest BCUT2D eigenvalue weighted by Crippen LogP contribution is -2.25. The Kier molecular flexibility index (Phi) is 4.86. The van der Waals surface area contributed by atoms with Crippen molar-refractivity contribution in [3.05, 3.63) is 40.3 Å². The van der Waals surface area contributed by atoms with E-state index in [0.717, 1.165) is 30.0 Å². The SMILES string of the molecule is CC(C)NCCc1ncc(-c2cccc(Cl)c2Cl)[nH]1. The highest BCUT2D eigenvalue weighted by atomic mass is 35.5. The lowest BCUT2D eigenvalue weighted by molar-refractivity contribution is 0.584. The maximum Gasteiger partial charge on any atom is 0.107 e. The number of H-pyrrole nitrogens is 1. The number of hydrogen-bond donors (Lipinski definition) is 2. The summed E-state index contributed by atoms with van der Waals surface area (Å²) in [6.07, 6.45) is 2.65. The molecule has 0 spiro atoms. The number of hydrogen-bond acceptors (Lipinski definition) is 2. The predicted octanol–water partition coefficient (Wildman–Crippen LogP) is 3.92. The van der Waals surface area contributed by atoms with Gasteiger partial charge in [0.1, 0.15) is 5.82 Å². The first-order chi connectivity index (χ1) is 9.08. The van der Waals surface area contributed by atoms with E-state index in [1.165, 1.54) is 0 Å². The van der Waals surface area contributed by atoms with Gasteiger partial charge in [0.2, 0.25) is 0 Å². The van der Waals surface area contributed by atoms with Crippen LogP contribution in [0.1, 0.15) is 19.7 Å². The Morgan fingerprint density at radius 2 is 2.11 bits per heavy atom. The number of halogens is 2. The molecule has 19 heavy (non-hydrogen) atoms. The molecule has 102 valence electrons. The van der Waals surface area contributed by atoms with Gasteiger partial charge in [0.05, 0.1) is 21.9 Å². The molecular formula is C14H17Cl2N3. The van der Waals surface area contributed by atoms with Crippen molar-refractivity contribution >= 4 is 23.2 Å². The summed E-state index contributed by atoms with van der Waals surface area (Å²) in [6.45, 7) is 5.15. The molecule has 0 aliphatic carbocycles. The van der Waals surface area contributed by atoms with Crippen LogP contribution in [0.5, 0.6) is 0 Å². The van der Waals surface area contributed by atoms with Gasteiger partial charge in [0.15, 0.2) is 0 Å². The molecule has 0 radical (unpaired) electrons. The largest absolute Gasteiger partial charge is 0.342 e. The standard InChI is InChI=1S/C14H17Cl2N3/c1-9(2)17-7-6-13-18-8-12(19-13)10-4-3-5-11(15)14(10)16/h3-5,8-9,17H,6-7H2,1-2H3,(H,18,19). The van der Waals surface area contributed by atoms with Gasteiger partial charge in [0.25, 0.3) is 0 Å². The van der Waals surface area contributed by atoms with E-state index >= 15 is 0 Å². The van der Waals surface area contributed by atoms with E-state index in [2.05, 4.69) is 29.1 Å². The van der Waals surface area contributed by atoms with Gasteiger partial charge in [-0.25, -0.2) is 4.98 Å². The molecule has 2 N–H and O–H groups in total. The highest BCUT2D eigenvalue weighted by molar-refractivity contribution is 6.43. The summed E-state index contributed by atoms with van der Waals surface area (Å²) in [5.74, 6) is 0.944. The molecule has 2 rings (SSSR count). The molecule has 1 heterocycles. The van der Waals surface area contributed by atoms with Gasteiger partial charge >= 0.3 is 0 Å². The Morgan fingerprint density at radius 1 is 1.32 bits per heavy atom. The van der Waals surface area contributed by atoms with E-state index in [-0.39, 0.29) is 0 Å². The topological polar surface area (TPSA) is 40.7 Å². The number of aromatic amines is 1. The Balaban J connectivity index is 2.10. The van der Waals surface area contributed by atoms with Crippen LogP contribution >= 0.6 is 23.2 Å². The lowest BCUT2D eigenvalue weighted by Gasteiger charge is -2.06. The average Bonchev–Trinajstić information content (AvgIpc) is 2.81. The van der Waals surface area contributed by atoms with Crippen molar-refractivity contribution in [2.75, 3.05) is 6.54 Å². The summed E-state index contributed by atoms with van der Waals surface area (Å²) in [5.41, 5.74) is 1.77. The van der Waals surface area contributed by atoms with E-state index in [1.54, 1.807) is 12.3 Å². The zero-order valence-electron chi connectivity index (χ0n) is 11.0. The van der Waals surface area contributed by atoms with E-state index in [0.29, 0.717) is 16.1 Å². The van der Waals surface area contributed by atoms with Crippen LogP contribution in [0.3, 0.4) is 0 Å². The van der Waals surface area contributed by atoms with Gasteiger partial charge < -0.3 is 10.3 Å². The van der Waals surface area contributed by atoms with Gasteiger partial charge in [-0.2, -0.15) is 0 Å². The Hall–Kier alpha value is -1.03. The third kappa shape index (κ3) is 3.72. The Morgan fingerprint density at radius 3 is 2.84 bits per heavy atom. The minimum Gasteiger partial charge on any atom is -0.342 e. The van der Waals surface area contributed by atoms with Crippen molar-refractivity contribution in [3.8, 4) is 11.3 Å². The summed E-state index contributed by atoms with van der Waals surface area (Å²) < 4.78 is 0. The third-order valence-electron chi connectivity index (χ3n) is 2.78. The number of rotatable bonds is 5. The number of nitrogens with zero attached hydrogens (tertiary/aromatic N) is 1. The molecule has 2 aromatic rings. The van der Waals surface area contributed by atoms with Crippen molar-refractivity contribution in [2.45, 2.75) is 26.3 Å². The zero-order valence-corrected chi connectivity index (χ0v) is 12.5. The van der Waals surface area contributed by atoms with Crippen LogP contribution in [0.25, 0.3) is 11.3 Å². The number of imidazole rings is 1. The molecule has 0 atom stereocenters. The minimum absolute atomic E-state index is 0.483. The molecule has 0 saturated carbocycles. The van der Waals surface area contributed by atoms with Crippen molar-refractivity contribution in [1.29, 1.82) is 0 Å². The first-order valence-electron chi connectivity index (χ1n) is 6.29. The molecule has 1 aromatic heterocycles. The summed E-state index contributed by atoms with van der Waals surface area (Å²) >= 11 is 12.2. The molecule has 0 unspecified atom stereocenters. The fourth-order valence-corrected chi connectivity index (χ4v) is 2.22. The Labute approximate surface area is 123 Å². The molecular weight excluding hydrogens is 281 g/mol. The highest BCUT2D eigenvalue weighted by Gasteiger charge is 2.09. The quantitative estimate of drug-likeness (QED) is 0.878. The summed E-state index contributed by atoms with van der Waals surface area (Å²) in [7, 11) is 0. The zero-order chi connectivity index (χ0) is 13.8. The first-order valence-corrected chi connectivity index (χ1v) is 7.05. The van der Waals surface area contributed by atoms with E-state index in [1.807, 2.05) is 12.1 Å². The van der Waals surface area contributed by atoms with E-state index < -0.39 is 0 Å². The first kappa shape index (κ1) is 14.4. The molecule has 0 bridgehead atoms. The number of aromatic nitrogens is 2. The predicted molar refractivity (Wildman–Crippen MR) is 80.9 cm³/mol. The molecule has 1 aromatic carbocycles. The van der Waals surface area contributed by atoms with E-state index in [9.17, 15) is 0 Å². The van der Waals surface area contributed by atoms with Gasteiger partial charge in [-0.05, 0) is 6.07 Å². The van der Waals surface area contributed by atoms with Crippen LogP contribution in [0, 0.1) is 0 Å². The maximum absolute atomic E-state index is 6.19. The van der Waals surface area contributed by atoms with Crippen LogP contribution in [0.4, 0.5) is 0 Å². The van der Waals surface area contributed by atoms with Gasteiger partial charge in [0, 0.05) is 24.6 Å². The third-order valence-corrected chi connectivity index (χ3v) is 3.60. The molecule has 0 aliphatic rings. The van der Waals surface area contributed by atoms with Crippen LogP contribution in [0.2, 0.25) is 10.0 Å². The fraction of sp³-hybridized carbons (Fsp3) is 0.357. The molecule has 0 amide bonds. The minimum atomic E-state index is 0.483. The monoisotopic (exact) mass is 297 g/mol.